The van der Waals surface area contributed by atoms with E-state index in [1.54, 1.807) is 0 Å². The fourth-order valence-corrected chi connectivity index (χ4v) is 3.34. The molecule has 2 heterocycles. The molecule has 1 N–H and O–H groups in total. The van der Waals surface area contributed by atoms with Crippen LogP contribution in [0.3, 0.4) is 0 Å². The van der Waals surface area contributed by atoms with Crippen molar-refractivity contribution in [3.8, 4) is 0 Å². The zero-order chi connectivity index (χ0) is 14.3. The van der Waals surface area contributed by atoms with Gasteiger partial charge in [0.1, 0.15) is 5.82 Å². The normalized spacial score (nSPS) is 26.8. The number of hydrogen-bond acceptors (Lipinski definition) is 3. The van der Waals surface area contributed by atoms with Crippen molar-refractivity contribution in [3.05, 3.63) is 11.6 Å². The molecule has 1 aromatic rings. The fraction of sp³-hybridized carbons (Fsp3) is 0.857. The van der Waals surface area contributed by atoms with Crippen LogP contribution in [0.4, 0.5) is 8.78 Å². The highest BCUT2D eigenvalue weighted by Crippen LogP contribution is 2.41. The number of nitrogens with zero attached hydrogens (tertiary/aromatic N) is 3. The van der Waals surface area contributed by atoms with Gasteiger partial charge in [0.2, 0.25) is 5.92 Å². The van der Waals surface area contributed by atoms with Crippen molar-refractivity contribution >= 4 is 0 Å². The van der Waals surface area contributed by atoms with E-state index in [1.165, 1.54) is 0 Å². The summed E-state index contributed by atoms with van der Waals surface area (Å²) in [5, 5.41) is 12.1. The van der Waals surface area contributed by atoms with Gasteiger partial charge in [0.25, 0.3) is 0 Å². The highest BCUT2D eigenvalue weighted by atomic mass is 19.3. The molecule has 0 radical (unpaired) electrons. The molecule has 3 rings (SSSR count). The maximum absolute atomic E-state index is 13.3. The molecule has 0 aromatic carbocycles. The summed E-state index contributed by atoms with van der Waals surface area (Å²) in [6.07, 6.45) is 0.993. The second-order valence-electron chi connectivity index (χ2n) is 6.37. The Hall–Kier alpha value is -1.04. The van der Waals surface area contributed by atoms with Crippen LogP contribution in [0.25, 0.3) is 0 Å². The summed E-state index contributed by atoms with van der Waals surface area (Å²) in [5.41, 5.74) is 0. The lowest BCUT2D eigenvalue weighted by Gasteiger charge is -2.31. The maximum Gasteiger partial charge on any atom is 0.248 e. The maximum atomic E-state index is 13.3. The Morgan fingerprint density at radius 1 is 1.20 bits per heavy atom. The highest BCUT2D eigenvalue weighted by Gasteiger charge is 2.38. The molecule has 4 nitrogen and oxygen atoms in total. The first-order valence-corrected chi connectivity index (χ1v) is 7.52. The molecule has 1 aliphatic heterocycles. The van der Waals surface area contributed by atoms with E-state index >= 15 is 0 Å². The van der Waals surface area contributed by atoms with Crippen LogP contribution < -0.4 is 5.32 Å². The minimum absolute atomic E-state index is 0.0221. The van der Waals surface area contributed by atoms with Crippen molar-refractivity contribution in [1.29, 1.82) is 0 Å². The van der Waals surface area contributed by atoms with E-state index in [4.69, 9.17) is 0 Å². The van der Waals surface area contributed by atoms with Crippen LogP contribution in [-0.2, 0) is 6.54 Å². The summed E-state index contributed by atoms with van der Waals surface area (Å²) in [6, 6.07) is 0.218. The molecule has 0 bridgehead atoms. The minimum atomic E-state index is -2.48. The summed E-state index contributed by atoms with van der Waals surface area (Å²) in [5.74, 6) is -0.00619. The van der Waals surface area contributed by atoms with Crippen LogP contribution >= 0.6 is 0 Å². The van der Waals surface area contributed by atoms with Gasteiger partial charge in [-0.3, -0.25) is 0 Å². The lowest BCUT2D eigenvalue weighted by atomic mass is 9.86. The molecule has 1 unspecified atom stereocenters. The van der Waals surface area contributed by atoms with E-state index < -0.39 is 5.92 Å². The Labute approximate surface area is 118 Å². The van der Waals surface area contributed by atoms with Crippen molar-refractivity contribution in [3.63, 3.8) is 0 Å². The summed E-state index contributed by atoms with van der Waals surface area (Å²) in [7, 11) is 0. The number of aromatic nitrogens is 3. The number of hydrogen-bond donors (Lipinski definition) is 1. The van der Waals surface area contributed by atoms with Gasteiger partial charge in [-0.25, -0.2) is 8.78 Å². The van der Waals surface area contributed by atoms with Crippen molar-refractivity contribution in [2.75, 3.05) is 6.54 Å². The van der Waals surface area contributed by atoms with Gasteiger partial charge in [-0.1, -0.05) is 13.8 Å². The zero-order valence-electron chi connectivity index (χ0n) is 12.1. The summed E-state index contributed by atoms with van der Waals surface area (Å²) < 4.78 is 28.7. The van der Waals surface area contributed by atoms with Crippen LogP contribution in [-0.4, -0.2) is 27.2 Å². The minimum Gasteiger partial charge on any atom is -0.312 e. The van der Waals surface area contributed by atoms with E-state index in [-0.39, 0.29) is 24.8 Å². The smallest absolute Gasteiger partial charge is 0.248 e. The van der Waals surface area contributed by atoms with Gasteiger partial charge >= 0.3 is 0 Å². The third kappa shape index (κ3) is 2.45. The van der Waals surface area contributed by atoms with Gasteiger partial charge in [0, 0.05) is 31.8 Å². The zero-order valence-corrected chi connectivity index (χ0v) is 12.1. The Kier molecular flexibility index (Phi) is 3.52. The van der Waals surface area contributed by atoms with Crippen LogP contribution in [0.5, 0.6) is 0 Å². The molecule has 1 fully saturated rings. The summed E-state index contributed by atoms with van der Waals surface area (Å²) in [6.45, 7) is 6.04. The number of halogens is 2. The van der Waals surface area contributed by atoms with Crippen molar-refractivity contribution < 1.29 is 8.78 Å². The molecule has 20 heavy (non-hydrogen) atoms. The fourth-order valence-electron chi connectivity index (χ4n) is 3.34. The standard InChI is InChI=1S/C14H22F2N4/c1-9(2)11-13-19-18-12(20(13)8-7-17-11)10-3-5-14(15,16)6-4-10/h9-11,17H,3-8H2,1-2H3. The van der Waals surface area contributed by atoms with Crippen LogP contribution in [0.1, 0.15) is 63.1 Å². The third-order valence-electron chi connectivity index (χ3n) is 4.53. The quantitative estimate of drug-likeness (QED) is 0.908. The molecule has 112 valence electrons. The number of alkyl halides is 2. The third-order valence-corrected chi connectivity index (χ3v) is 4.53. The average molecular weight is 284 g/mol. The van der Waals surface area contributed by atoms with Gasteiger partial charge in [-0.2, -0.15) is 0 Å². The van der Waals surface area contributed by atoms with Gasteiger partial charge in [0.15, 0.2) is 5.82 Å². The number of fused-ring (bicyclic) bond motifs is 1. The van der Waals surface area contributed by atoms with Crippen LogP contribution in [0.15, 0.2) is 0 Å². The molecule has 2 aliphatic rings. The predicted molar refractivity (Wildman–Crippen MR) is 71.8 cm³/mol. The molecule has 1 aromatic heterocycles. The van der Waals surface area contributed by atoms with E-state index in [0.717, 1.165) is 24.7 Å². The Morgan fingerprint density at radius 3 is 2.50 bits per heavy atom. The van der Waals surface area contributed by atoms with Gasteiger partial charge in [0.05, 0.1) is 6.04 Å². The molecule has 1 aliphatic carbocycles. The van der Waals surface area contributed by atoms with Crippen molar-refractivity contribution in [2.45, 2.75) is 64.0 Å². The molecular formula is C14H22F2N4. The van der Waals surface area contributed by atoms with Gasteiger partial charge < -0.3 is 9.88 Å². The monoisotopic (exact) mass is 284 g/mol. The average Bonchev–Trinajstić information content (AvgIpc) is 2.82. The molecular weight excluding hydrogens is 262 g/mol. The largest absolute Gasteiger partial charge is 0.312 e. The lowest BCUT2D eigenvalue weighted by molar-refractivity contribution is -0.0390. The molecule has 0 amide bonds. The Morgan fingerprint density at radius 2 is 1.85 bits per heavy atom. The highest BCUT2D eigenvalue weighted by molar-refractivity contribution is 5.10. The number of rotatable bonds is 2. The van der Waals surface area contributed by atoms with E-state index in [9.17, 15) is 8.78 Å². The first-order chi connectivity index (χ1) is 9.48. The molecule has 0 spiro atoms. The van der Waals surface area contributed by atoms with E-state index in [2.05, 4.69) is 33.9 Å². The molecule has 1 saturated carbocycles. The molecule has 1 atom stereocenters. The SMILES string of the molecule is CC(C)C1NCCn2c(C3CCC(F)(F)CC3)nnc21. The van der Waals surface area contributed by atoms with Gasteiger partial charge in [-0.05, 0) is 18.8 Å². The second-order valence-corrected chi connectivity index (χ2v) is 6.37. The predicted octanol–water partition coefficient (Wildman–Crippen LogP) is 2.87. The summed E-state index contributed by atoms with van der Waals surface area (Å²) >= 11 is 0. The van der Waals surface area contributed by atoms with Crippen molar-refractivity contribution in [2.24, 2.45) is 5.92 Å². The first-order valence-electron chi connectivity index (χ1n) is 7.52. The topological polar surface area (TPSA) is 42.7 Å². The van der Waals surface area contributed by atoms with Crippen molar-refractivity contribution in [1.82, 2.24) is 20.1 Å². The lowest BCUT2D eigenvalue weighted by Crippen LogP contribution is -2.37. The van der Waals surface area contributed by atoms with Crippen LogP contribution in [0, 0.1) is 5.92 Å². The summed E-state index contributed by atoms with van der Waals surface area (Å²) in [4.78, 5) is 0. The van der Waals surface area contributed by atoms with E-state index in [1.807, 2.05) is 0 Å². The van der Waals surface area contributed by atoms with Gasteiger partial charge in [-0.15, -0.1) is 10.2 Å². The Balaban J connectivity index is 1.82. The van der Waals surface area contributed by atoms with E-state index in [0.29, 0.717) is 18.8 Å². The number of nitrogens with one attached hydrogen (secondary N) is 1. The first kappa shape index (κ1) is 13.9. The second kappa shape index (κ2) is 5.06. The molecule has 6 heteroatoms. The molecule has 0 saturated heterocycles. The van der Waals surface area contributed by atoms with Crippen LogP contribution in [0.2, 0.25) is 0 Å². The Bertz CT molecular complexity index is 474.